The minimum Gasteiger partial charge on any atom is -0.480 e. The Morgan fingerprint density at radius 3 is 2.25 bits per heavy atom. The zero-order valence-electron chi connectivity index (χ0n) is 10.3. The molecule has 0 aromatic carbocycles. The van der Waals surface area contributed by atoms with Crippen LogP contribution in [0.25, 0.3) is 0 Å². The summed E-state index contributed by atoms with van der Waals surface area (Å²) in [4.78, 5) is 22.5. The summed E-state index contributed by atoms with van der Waals surface area (Å²) in [6, 6.07) is -0.836. The van der Waals surface area contributed by atoms with E-state index in [2.05, 4.69) is 5.32 Å². The summed E-state index contributed by atoms with van der Waals surface area (Å²) >= 11 is 0. The van der Waals surface area contributed by atoms with E-state index in [1.165, 1.54) is 7.11 Å². The molecule has 0 spiro atoms. The van der Waals surface area contributed by atoms with Crippen molar-refractivity contribution >= 4 is 11.9 Å². The Hall–Kier alpha value is -1.10. The average Bonchev–Trinajstić information content (AvgIpc) is 2.17. The van der Waals surface area contributed by atoms with E-state index in [4.69, 9.17) is 9.84 Å². The number of carboxylic acids is 1. The molecule has 0 bridgehead atoms. The van der Waals surface area contributed by atoms with E-state index in [-0.39, 0.29) is 11.8 Å². The molecule has 1 unspecified atom stereocenters. The quantitative estimate of drug-likeness (QED) is 0.686. The second-order valence-electron chi connectivity index (χ2n) is 4.16. The van der Waals surface area contributed by atoms with Gasteiger partial charge in [-0.1, -0.05) is 20.8 Å². The molecule has 0 rings (SSSR count). The van der Waals surface area contributed by atoms with Crippen molar-refractivity contribution in [2.75, 3.05) is 7.11 Å². The lowest BCUT2D eigenvalue weighted by Gasteiger charge is -2.19. The van der Waals surface area contributed by atoms with Gasteiger partial charge < -0.3 is 15.2 Å². The molecule has 0 aliphatic heterocycles. The maximum atomic E-state index is 11.6. The van der Waals surface area contributed by atoms with Gasteiger partial charge in [-0.05, 0) is 18.8 Å². The Labute approximate surface area is 96.2 Å². The molecular formula is C11H21NO4. The molecule has 2 atom stereocenters. The normalized spacial score (nSPS) is 14.6. The van der Waals surface area contributed by atoms with E-state index in [0.29, 0.717) is 12.8 Å². The molecule has 0 aliphatic carbocycles. The number of carboxylic acid groups (broad SMARTS) is 1. The van der Waals surface area contributed by atoms with E-state index in [0.717, 1.165) is 0 Å². The van der Waals surface area contributed by atoms with Crippen molar-refractivity contribution in [1.82, 2.24) is 5.32 Å². The van der Waals surface area contributed by atoms with Crippen molar-refractivity contribution in [3.63, 3.8) is 0 Å². The van der Waals surface area contributed by atoms with Gasteiger partial charge in [0.2, 0.25) is 5.91 Å². The highest BCUT2D eigenvalue weighted by Crippen LogP contribution is 2.06. The Bertz CT molecular complexity index is 236. The van der Waals surface area contributed by atoms with Crippen LogP contribution in [0.5, 0.6) is 0 Å². The van der Waals surface area contributed by atoms with Crippen LogP contribution in [-0.4, -0.2) is 36.2 Å². The van der Waals surface area contributed by atoms with Crippen LogP contribution in [0.2, 0.25) is 0 Å². The number of hydrogen-bond donors (Lipinski definition) is 2. The number of aliphatic carboxylic acids is 1. The molecule has 5 nitrogen and oxygen atoms in total. The van der Waals surface area contributed by atoms with Gasteiger partial charge in [0.05, 0.1) is 0 Å². The summed E-state index contributed by atoms with van der Waals surface area (Å²) in [5.41, 5.74) is 0. The third-order valence-corrected chi connectivity index (χ3v) is 2.27. The fourth-order valence-corrected chi connectivity index (χ4v) is 1.42. The second-order valence-corrected chi connectivity index (χ2v) is 4.16. The summed E-state index contributed by atoms with van der Waals surface area (Å²) in [6.45, 7) is 5.64. The Morgan fingerprint density at radius 2 is 1.94 bits per heavy atom. The zero-order valence-corrected chi connectivity index (χ0v) is 10.3. The third kappa shape index (κ3) is 5.11. The van der Waals surface area contributed by atoms with E-state index in [1.807, 2.05) is 20.8 Å². The molecule has 1 amide bonds. The molecular weight excluding hydrogens is 210 g/mol. The van der Waals surface area contributed by atoms with Crippen molar-refractivity contribution < 1.29 is 19.4 Å². The largest absolute Gasteiger partial charge is 0.480 e. The molecule has 0 radical (unpaired) electrons. The fraction of sp³-hybridized carbons (Fsp3) is 0.818. The van der Waals surface area contributed by atoms with Crippen LogP contribution in [-0.2, 0) is 14.3 Å². The molecule has 94 valence electrons. The first-order valence-corrected chi connectivity index (χ1v) is 5.48. The topological polar surface area (TPSA) is 75.6 Å². The first-order chi connectivity index (χ1) is 7.42. The zero-order chi connectivity index (χ0) is 12.7. The van der Waals surface area contributed by atoms with Gasteiger partial charge in [0.1, 0.15) is 12.1 Å². The maximum absolute atomic E-state index is 11.6. The van der Waals surface area contributed by atoms with Crippen LogP contribution < -0.4 is 5.32 Å². The summed E-state index contributed by atoms with van der Waals surface area (Å²) < 4.78 is 4.94. The van der Waals surface area contributed by atoms with Crippen LogP contribution in [0, 0.1) is 5.92 Å². The van der Waals surface area contributed by atoms with Gasteiger partial charge in [0.25, 0.3) is 0 Å². The highest BCUT2D eigenvalue weighted by molar-refractivity contribution is 5.86. The summed E-state index contributed by atoms with van der Waals surface area (Å²) in [7, 11) is 1.44. The average molecular weight is 231 g/mol. The SMILES string of the molecule is CCC(OC)C(=O)N[C@H](CC(C)C)C(=O)O. The van der Waals surface area contributed by atoms with E-state index < -0.39 is 18.1 Å². The smallest absolute Gasteiger partial charge is 0.326 e. The van der Waals surface area contributed by atoms with Crippen molar-refractivity contribution in [2.45, 2.75) is 45.8 Å². The lowest BCUT2D eigenvalue weighted by molar-refractivity contribution is -0.144. The molecule has 0 saturated carbocycles. The van der Waals surface area contributed by atoms with E-state index in [9.17, 15) is 9.59 Å². The number of nitrogens with one attached hydrogen (secondary N) is 1. The number of methoxy groups -OCH3 is 1. The molecule has 5 heteroatoms. The van der Waals surface area contributed by atoms with Crippen LogP contribution in [0.1, 0.15) is 33.6 Å². The summed E-state index contributed by atoms with van der Waals surface area (Å²) in [5.74, 6) is -1.16. The third-order valence-electron chi connectivity index (χ3n) is 2.27. The van der Waals surface area contributed by atoms with Gasteiger partial charge in [0, 0.05) is 7.11 Å². The standard InChI is InChI=1S/C11H21NO4/c1-5-9(16-4)10(13)12-8(11(14)15)6-7(2)3/h7-9H,5-6H2,1-4H3,(H,12,13)(H,14,15)/t8-,9?/m1/s1. The predicted octanol–water partition coefficient (Wildman–Crippen LogP) is 1.03. The first-order valence-electron chi connectivity index (χ1n) is 5.48. The monoisotopic (exact) mass is 231 g/mol. The van der Waals surface area contributed by atoms with Gasteiger partial charge in [0.15, 0.2) is 0 Å². The maximum Gasteiger partial charge on any atom is 0.326 e. The number of hydrogen-bond acceptors (Lipinski definition) is 3. The van der Waals surface area contributed by atoms with Crippen LogP contribution >= 0.6 is 0 Å². The minimum absolute atomic E-state index is 0.212. The highest BCUT2D eigenvalue weighted by Gasteiger charge is 2.24. The fourth-order valence-electron chi connectivity index (χ4n) is 1.42. The van der Waals surface area contributed by atoms with Crippen molar-refractivity contribution in [2.24, 2.45) is 5.92 Å². The number of rotatable bonds is 7. The van der Waals surface area contributed by atoms with E-state index in [1.54, 1.807) is 0 Å². The number of carbonyl (C=O) groups excluding carboxylic acids is 1. The lowest BCUT2D eigenvalue weighted by atomic mass is 10.0. The molecule has 0 heterocycles. The lowest BCUT2D eigenvalue weighted by Crippen LogP contribution is -2.46. The van der Waals surface area contributed by atoms with Crippen LogP contribution in [0.15, 0.2) is 0 Å². The Morgan fingerprint density at radius 1 is 1.38 bits per heavy atom. The number of ether oxygens (including phenoxy) is 1. The molecule has 0 aliphatic rings. The predicted molar refractivity (Wildman–Crippen MR) is 60.1 cm³/mol. The van der Waals surface area contributed by atoms with Gasteiger partial charge in [-0.2, -0.15) is 0 Å². The molecule has 0 fully saturated rings. The van der Waals surface area contributed by atoms with Gasteiger partial charge >= 0.3 is 5.97 Å². The van der Waals surface area contributed by atoms with Crippen molar-refractivity contribution in [3.8, 4) is 0 Å². The summed E-state index contributed by atoms with van der Waals surface area (Å²) in [6.07, 6.45) is 0.367. The summed E-state index contributed by atoms with van der Waals surface area (Å²) in [5, 5.41) is 11.4. The molecule has 0 aromatic rings. The molecule has 16 heavy (non-hydrogen) atoms. The Balaban J connectivity index is 4.39. The van der Waals surface area contributed by atoms with Crippen molar-refractivity contribution in [3.05, 3.63) is 0 Å². The highest BCUT2D eigenvalue weighted by atomic mass is 16.5. The number of carbonyl (C=O) groups is 2. The van der Waals surface area contributed by atoms with Crippen LogP contribution in [0.4, 0.5) is 0 Å². The van der Waals surface area contributed by atoms with Gasteiger partial charge in [-0.25, -0.2) is 4.79 Å². The minimum atomic E-state index is -1.01. The van der Waals surface area contributed by atoms with Gasteiger partial charge in [-0.15, -0.1) is 0 Å². The van der Waals surface area contributed by atoms with Crippen molar-refractivity contribution in [1.29, 1.82) is 0 Å². The van der Waals surface area contributed by atoms with Crippen LogP contribution in [0.3, 0.4) is 0 Å². The molecule has 0 saturated heterocycles. The first kappa shape index (κ1) is 14.9. The Kier molecular flexibility index (Phi) is 6.72. The molecule has 0 aromatic heterocycles. The number of amides is 1. The van der Waals surface area contributed by atoms with Gasteiger partial charge in [-0.3, -0.25) is 4.79 Å². The van der Waals surface area contributed by atoms with E-state index >= 15 is 0 Å². The second kappa shape index (κ2) is 7.22. The molecule has 2 N–H and O–H groups in total.